The first-order valence-corrected chi connectivity index (χ1v) is 30.8. The van der Waals surface area contributed by atoms with Crippen LogP contribution in [0.3, 0.4) is 0 Å². The highest BCUT2D eigenvalue weighted by atomic mass is 16.5. The third-order valence-electron chi connectivity index (χ3n) is 14.2. The standard InChI is InChI=1S/C63H119NO5/c1-3-5-7-9-11-13-15-17-33-37-41-45-49-53-57-63(68)69-58-54-50-46-42-38-34-30-28-26-24-22-20-18-19-21-23-25-27-29-32-36-40-44-48-52-56-62(67)64-60(59-65)61(66)55-51-47-43-39-35-31-16-14-12-10-8-6-4-2/h19-22,51,55,60-61,65-66H,3-18,23-50,52-54,56-59H2,1-2H3,(H,64,67)/b21-19-,22-20-,55-51+. The molecule has 0 aromatic carbocycles. The number of carbonyl (C=O) groups is 2. The molecule has 6 heteroatoms. The number of nitrogens with one attached hydrogen (secondary N) is 1. The van der Waals surface area contributed by atoms with Gasteiger partial charge in [0.05, 0.1) is 25.4 Å². The molecule has 0 saturated carbocycles. The van der Waals surface area contributed by atoms with Crippen LogP contribution in [0.15, 0.2) is 36.5 Å². The number of amides is 1. The summed E-state index contributed by atoms with van der Waals surface area (Å²) in [5, 5.41) is 23.1. The fourth-order valence-corrected chi connectivity index (χ4v) is 9.43. The molecule has 69 heavy (non-hydrogen) atoms. The van der Waals surface area contributed by atoms with Crippen molar-refractivity contribution >= 4 is 11.9 Å². The summed E-state index contributed by atoms with van der Waals surface area (Å²) in [5.41, 5.74) is 0. The second-order valence-electron chi connectivity index (χ2n) is 21.0. The molecule has 0 fully saturated rings. The maximum atomic E-state index is 12.4. The molecule has 6 nitrogen and oxygen atoms in total. The maximum absolute atomic E-state index is 12.4. The number of unbranched alkanes of at least 4 members (excludes halogenated alkanes) is 42. The summed E-state index contributed by atoms with van der Waals surface area (Å²) in [5.74, 6) is -0.0632. The molecule has 406 valence electrons. The molecule has 0 aromatic rings. The van der Waals surface area contributed by atoms with Crippen LogP contribution in [0, 0.1) is 0 Å². The van der Waals surface area contributed by atoms with Crippen molar-refractivity contribution in [2.24, 2.45) is 0 Å². The summed E-state index contributed by atoms with van der Waals surface area (Å²) in [6.45, 7) is 4.91. The average molecular weight is 971 g/mol. The van der Waals surface area contributed by atoms with Crippen molar-refractivity contribution in [1.29, 1.82) is 0 Å². The molecule has 0 radical (unpaired) electrons. The molecule has 0 rings (SSSR count). The van der Waals surface area contributed by atoms with E-state index < -0.39 is 12.1 Å². The predicted molar refractivity (Wildman–Crippen MR) is 301 cm³/mol. The molecule has 2 atom stereocenters. The molecule has 0 aliphatic rings. The van der Waals surface area contributed by atoms with E-state index in [-0.39, 0.29) is 18.5 Å². The Bertz CT molecular complexity index is 1120. The summed E-state index contributed by atoms with van der Waals surface area (Å²) in [6.07, 6.45) is 73.3. The Labute approximate surface area is 430 Å². The smallest absolute Gasteiger partial charge is 0.305 e. The topological polar surface area (TPSA) is 95.9 Å². The third-order valence-corrected chi connectivity index (χ3v) is 14.2. The molecule has 0 aromatic heterocycles. The van der Waals surface area contributed by atoms with Crippen molar-refractivity contribution in [3.63, 3.8) is 0 Å². The summed E-state index contributed by atoms with van der Waals surface area (Å²) in [7, 11) is 0. The van der Waals surface area contributed by atoms with Crippen molar-refractivity contribution in [2.45, 2.75) is 341 Å². The Balaban J connectivity index is 3.44. The third kappa shape index (κ3) is 55.2. The summed E-state index contributed by atoms with van der Waals surface area (Å²) >= 11 is 0. The Morgan fingerprint density at radius 2 is 0.725 bits per heavy atom. The van der Waals surface area contributed by atoms with Gasteiger partial charge >= 0.3 is 5.97 Å². The Hall–Kier alpha value is -1.92. The number of allylic oxidation sites excluding steroid dienone is 5. The van der Waals surface area contributed by atoms with Gasteiger partial charge in [0.15, 0.2) is 0 Å². The van der Waals surface area contributed by atoms with Crippen molar-refractivity contribution < 1.29 is 24.5 Å². The molecule has 0 heterocycles. The van der Waals surface area contributed by atoms with Crippen molar-refractivity contribution in [3.8, 4) is 0 Å². The molecule has 0 aliphatic heterocycles. The highest BCUT2D eigenvalue weighted by Gasteiger charge is 2.18. The fraction of sp³-hybridized carbons (Fsp3) is 0.873. The lowest BCUT2D eigenvalue weighted by Crippen LogP contribution is -2.45. The normalized spacial score (nSPS) is 12.8. The number of esters is 1. The molecule has 2 unspecified atom stereocenters. The number of aliphatic hydroxyl groups is 2. The number of rotatable bonds is 57. The van der Waals surface area contributed by atoms with Crippen LogP contribution in [0.2, 0.25) is 0 Å². The highest BCUT2D eigenvalue weighted by molar-refractivity contribution is 5.76. The van der Waals surface area contributed by atoms with Gasteiger partial charge in [-0.1, -0.05) is 288 Å². The van der Waals surface area contributed by atoms with Crippen LogP contribution in [0.4, 0.5) is 0 Å². The molecule has 0 saturated heterocycles. The minimum Gasteiger partial charge on any atom is -0.466 e. The lowest BCUT2D eigenvalue weighted by Gasteiger charge is -2.20. The molecule has 0 bridgehead atoms. The lowest BCUT2D eigenvalue weighted by atomic mass is 10.0. The van der Waals surface area contributed by atoms with E-state index in [0.29, 0.717) is 19.4 Å². The number of hydrogen-bond donors (Lipinski definition) is 3. The van der Waals surface area contributed by atoms with E-state index >= 15 is 0 Å². The first-order valence-electron chi connectivity index (χ1n) is 30.8. The Kier molecular flexibility index (Phi) is 57.0. The van der Waals surface area contributed by atoms with Crippen molar-refractivity contribution in [1.82, 2.24) is 5.32 Å². The van der Waals surface area contributed by atoms with Crippen LogP contribution < -0.4 is 5.32 Å². The van der Waals surface area contributed by atoms with Crippen LogP contribution in [-0.4, -0.2) is 47.4 Å². The fourth-order valence-electron chi connectivity index (χ4n) is 9.43. The summed E-state index contributed by atoms with van der Waals surface area (Å²) in [6, 6.07) is -0.632. The van der Waals surface area contributed by atoms with Gasteiger partial charge in [0.2, 0.25) is 5.91 Å². The zero-order valence-corrected chi connectivity index (χ0v) is 46.3. The van der Waals surface area contributed by atoms with Gasteiger partial charge in [-0.05, 0) is 64.2 Å². The van der Waals surface area contributed by atoms with E-state index in [4.69, 9.17) is 4.74 Å². The molecule has 3 N–H and O–H groups in total. The van der Waals surface area contributed by atoms with E-state index in [1.807, 2.05) is 6.08 Å². The molecular formula is C63H119NO5. The maximum Gasteiger partial charge on any atom is 0.305 e. The SMILES string of the molecule is CCCCCCCCCCCCC/C=C/C(O)C(CO)NC(=O)CCCCCCCCCCC/C=C\C/C=C\CCCCCCCCCCCOC(=O)CCCCCCCCCCCCCCCC. The number of ether oxygens (including phenoxy) is 1. The minimum absolute atomic E-state index is 0.0107. The van der Waals surface area contributed by atoms with E-state index in [9.17, 15) is 19.8 Å². The summed E-state index contributed by atoms with van der Waals surface area (Å²) < 4.78 is 5.48. The highest BCUT2D eigenvalue weighted by Crippen LogP contribution is 2.17. The van der Waals surface area contributed by atoms with Crippen molar-refractivity contribution in [3.05, 3.63) is 36.5 Å². The lowest BCUT2D eigenvalue weighted by molar-refractivity contribution is -0.143. The van der Waals surface area contributed by atoms with Gasteiger partial charge in [0.1, 0.15) is 0 Å². The van der Waals surface area contributed by atoms with Gasteiger partial charge in [-0.2, -0.15) is 0 Å². The van der Waals surface area contributed by atoms with Gasteiger partial charge in [-0.15, -0.1) is 0 Å². The Morgan fingerprint density at radius 3 is 1.10 bits per heavy atom. The number of carbonyl (C=O) groups excluding carboxylic acids is 2. The largest absolute Gasteiger partial charge is 0.466 e. The average Bonchev–Trinajstić information content (AvgIpc) is 3.35. The Morgan fingerprint density at radius 1 is 0.406 bits per heavy atom. The van der Waals surface area contributed by atoms with Crippen molar-refractivity contribution in [2.75, 3.05) is 13.2 Å². The molecule has 1 amide bonds. The zero-order valence-electron chi connectivity index (χ0n) is 46.3. The van der Waals surface area contributed by atoms with Crippen LogP contribution in [-0.2, 0) is 14.3 Å². The quantitative estimate of drug-likeness (QED) is 0.0321. The first-order chi connectivity index (χ1) is 34.0. The van der Waals surface area contributed by atoms with Gasteiger partial charge in [-0.25, -0.2) is 0 Å². The van der Waals surface area contributed by atoms with Crippen LogP contribution in [0.1, 0.15) is 328 Å². The van der Waals surface area contributed by atoms with E-state index in [2.05, 4.69) is 43.5 Å². The van der Waals surface area contributed by atoms with Crippen LogP contribution in [0.25, 0.3) is 0 Å². The monoisotopic (exact) mass is 970 g/mol. The molecule has 0 aliphatic carbocycles. The number of aliphatic hydroxyl groups excluding tert-OH is 2. The van der Waals surface area contributed by atoms with Crippen LogP contribution >= 0.6 is 0 Å². The van der Waals surface area contributed by atoms with E-state index in [1.54, 1.807) is 6.08 Å². The van der Waals surface area contributed by atoms with Gasteiger partial charge in [0.25, 0.3) is 0 Å². The van der Waals surface area contributed by atoms with Gasteiger partial charge in [0, 0.05) is 12.8 Å². The van der Waals surface area contributed by atoms with Crippen LogP contribution in [0.5, 0.6) is 0 Å². The predicted octanol–water partition coefficient (Wildman–Crippen LogP) is 19.2. The molecular weight excluding hydrogens is 851 g/mol. The zero-order chi connectivity index (χ0) is 50.0. The second kappa shape index (κ2) is 58.6. The van der Waals surface area contributed by atoms with Gasteiger partial charge in [-0.3, -0.25) is 9.59 Å². The summed E-state index contributed by atoms with van der Waals surface area (Å²) in [4.78, 5) is 24.5. The van der Waals surface area contributed by atoms with E-state index in [0.717, 1.165) is 44.9 Å². The first kappa shape index (κ1) is 67.1. The van der Waals surface area contributed by atoms with E-state index in [1.165, 1.54) is 257 Å². The second-order valence-corrected chi connectivity index (χ2v) is 21.0. The van der Waals surface area contributed by atoms with Gasteiger partial charge < -0.3 is 20.3 Å². The minimum atomic E-state index is -0.848. The molecule has 0 spiro atoms. The number of hydrogen-bond acceptors (Lipinski definition) is 5.